The number of fused-ring (bicyclic) bond motifs is 1. The predicted octanol–water partition coefficient (Wildman–Crippen LogP) is 2.63. The van der Waals surface area contributed by atoms with Crippen molar-refractivity contribution in [2.75, 3.05) is 6.61 Å². The van der Waals surface area contributed by atoms with Gasteiger partial charge in [0, 0.05) is 15.6 Å². The van der Waals surface area contributed by atoms with Crippen LogP contribution in [0.25, 0.3) is 0 Å². The molecule has 2 rings (SSSR count). The monoisotopic (exact) mass is 246 g/mol. The van der Waals surface area contributed by atoms with E-state index in [1.54, 1.807) is 12.1 Å². The van der Waals surface area contributed by atoms with Crippen molar-refractivity contribution in [3.8, 4) is 5.75 Å². The van der Waals surface area contributed by atoms with Crippen molar-refractivity contribution in [2.24, 2.45) is 5.92 Å². The van der Waals surface area contributed by atoms with Crippen LogP contribution < -0.4 is 4.74 Å². The molecule has 0 aliphatic carbocycles. The minimum atomic E-state index is -0.869. The number of carboxylic acid groups (broad SMARTS) is 1. The minimum absolute atomic E-state index is 0.166. The molecule has 1 atom stereocenters. The molecule has 1 aliphatic heterocycles. The molecular formula is C10H8Cl2O3. The maximum atomic E-state index is 10.8. The molecule has 0 spiro atoms. The topological polar surface area (TPSA) is 46.5 Å². The van der Waals surface area contributed by atoms with Crippen molar-refractivity contribution in [1.29, 1.82) is 0 Å². The molecular weight excluding hydrogens is 239 g/mol. The Balaban J connectivity index is 2.37. The van der Waals surface area contributed by atoms with Crippen LogP contribution in [0.1, 0.15) is 5.56 Å². The highest BCUT2D eigenvalue weighted by Gasteiger charge is 2.27. The summed E-state index contributed by atoms with van der Waals surface area (Å²) in [5.41, 5.74) is 0.722. The number of carbonyl (C=O) groups is 1. The van der Waals surface area contributed by atoms with E-state index in [4.69, 9.17) is 33.0 Å². The van der Waals surface area contributed by atoms with Crippen molar-refractivity contribution in [1.82, 2.24) is 0 Å². The van der Waals surface area contributed by atoms with E-state index in [2.05, 4.69) is 0 Å². The summed E-state index contributed by atoms with van der Waals surface area (Å²) in [6.45, 7) is 0.166. The fourth-order valence-corrected chi connectivity index (χ4v) is 2.11. The van der Waals surface area contributed by atoms with Crippen LogP contribution in [0.2, 0.25) is 10.0 Å². The quantitative estimate of drug-likeness (QED) is 0.829. The van der Waals surface area contributed by atoms with Crippen molar-refractivity contribution in [3.63, 3.8) is 0 Å². The summed E-state index contributed by atoms with van der Waals surface area (Å²) in [6.07, 6.45) is 0.390. The summed E-state index contributed by atoms with van der Waals surface area (Å²) in [6, 6.07) is 3.25. The van der Waals surface area contributed by atoms with Gasteiger partial charge >= 0.3 is 5.97 Å². The van der Waals surface area contributed by atoms with Crippen LogP contribution in [-0.4, -0.2) is 17.7 Å². The van der Waals surface area contributed by atoms with Crippen molar-refractivity contribution >= 4 is 29.2 Å². The Hall–Kier alpha value is -0.930. The molecule has 0 saturated carbocycles. The normalized spacial score (nSPS) is 19.2. The zero-order valence-electron chi connectivity index (χ0n) is 7.67. The molecule has 0 radical (unpaired) electrons. The molecule has 80 valence electrons. The van der Waals surface area contributed by atoms with E-state index in [0.29, 0.717) is 22.2 Å². The average Bonchev–Trinajstić information content (AvgIpc) is 2.16. The molecule has 0 saturated heterocycles. The molecule has 0 unspecified atom stereocenters. The van der Waals surface area contributed by atoms with E-state index in [1.165, 1.54) is 0 Å². The third kappa shape index (κ3) is 2.03. The highest BCUT2D eigenvalue weighted by molar-refractivity contribution is 6.35. The van der Waals surface area contributed by atoms with Gasteiger partial charge in [-0.25, -0.2) is 0 Å². The van der Waals surface area contributed by atoms with E-state index in [0.717, 1.165) is 5.56 Å². The first-order chi connectivity index (χ1) is 7.08. The van der Waals surface area contributed by atoms with Crippen LogP contribution in [0.5, 0.6) is 5.75 Å². The molecule has 0 aromatic heterocycles. The number of halogens is 2. The van der Waals surface area contributed by atoms with Gasteiger partial charge in [0.2, 0.25) is 0 Å². The summed E-state index contributed by atoms with van der Waals surface area (Å²) < 4.78 is 5.31. The van der Waals surface area contributed by atoms with Gasteiger partial charge in [0.25, 0.3) is 0 Å². The van der Waals surface area contributed by atoms with Crippen molar-refractivity contribution in [2.45, 2.75) is 6.42 Å². The van der Waals surface area contributed by atoms with Crippen LogP contribution in [0.3, 0.4) is 0 Å². The van der Waals surface area contributed by atoms with Gasteiger partial charge in [-0.3, -0.25) is 4.79 Å². The lowest BCUT2D eigenvalue weighted by atomic mass is 9.97. The second-order valence-corrected chi connectivity index (χ2v) is 4.26. The molecule has 1 aliphatic rings. The van der Waals surface area contributed by atoms with Gasteiger partial charge in [-0.2, -0.15) is 0 Å². The van der Waals surface area contributed by atoms with Gasteiger partial charge in [-0.15, -0.1) is 0 Å². The second kappa shape index (κ2) is 3.91. The summed E-state index contributed by atoms with van der Waals surface area (Å²) in [7, 11) is 0. The lowest BCUT2D eigenvalue weighted by molar-refractivity contribution is -0.143. The molecule has 1 N–H and O–H groups in total. The van der Waals surface area contributed by atoms with E-state index in [1.807, 2.05) is 0 Å². The molecule has 0 amide bonds. The molecule has 0 fully saturated rings. The van der Waals surface area contributed by atoms with E-state index in [-0.39, 0.29) is 6.61 Å². The SMILES string of the molecule is O=C(O)[C@@H]1COc2cc(Cl)cc(Cl)c2C1. The highest BCUT2D eigenvalue weighted by Crippen LogP contribution is 2.35. The minimum Gasteiger partial charge on any atom is -0.492 e. The third-order valence-electron chi connectivity index (χ3n) is 2.36. The first-order valence-corrected chi connectivity index (χ1v) is 5.17. The largest absolute Gasteiger partial charge is 0.492 e. The van der Waals surface area contributed by atoms with E-state index < -0.39 is 11.9 Å². The number of ether oxygens (including phenoxy) is 1. The van der Waals surface area contributed by atoms with Crippen LogP contribution in [-0.2, 0) is 11.2 Å². The molecule has 1 aromatic carbocycles. The van der Waals surface area contributed by atoms with Gasteiger partial charge in [0.05, 0.1) is 5.92 Å². The summed E-state index contributed by atoms with van der Waals surface area (Å²) in [4.78, 5) is 10.8. The van der Waals surface area contributed by atoms with Gasteiger partial charge in [-0.1, -0.05) is 23.2 Å². The van der Waals surface area contributed by atoms with Crippen LogP contribution >= 0.6 is 23.2 Å². The Bertz CT molecular complexity index is 417. The zero-order valence-corrected chi connectivity index (χ0v) is 9.18. The van der Waals surface area contributed by atoms with Gasteiger partial charge in [0.1, 0.15) is 12.4 Å². The predicted molar refractivity (Wildman–Crippen MR) is 56.8 cm³/mol. The number of rotatable bonds is 1. The van der Waals surface area contributed by atoms with Crippen LogP contribution in [0.15, 0.2) is 12.1 Å². The highest BCUT2D eigenvalue weighted by atomic mass is 35.5. The molecule has 1 heterocycles. The fraction of sp³-hybridized carbons (Fsp3) is 0.300. The Kier molecular flexibility index (Phi) is 2.76. The fourth-order valence-electron chi connectivity index (χ4n) is 1.56. The summed E-state index contributed by atoms with van der Waals surface area (Å²) >= 11 is 11.8. The maximum Gasteiger partial charge on any atom is 0.310 e. The standard InChI is InChI=1S/C10H8Cl2O3/c11-6-2-8(12)7-1-5(10(13)14)4-15-9(7)3-6/h2-3,5H,1,4H2,(H,13,14)/t5-/m0/s1. The maximum absolute atomic E-state index is 10.8. The van der Waals surface area contributed by atoms with Crippen molar-refractivity contribution in [3.05, 3.63) is 27.7 Å². The second-order valence-electron chi connectivity index (χ2n) is 3.41. The first-order valence-electron chi connectivity index (χ1n) is 4.41. The zero-order chi connectivity index (χ0) is 11.0. The molecule has 0 bridgehead atoms. The lowest BCUT2D eigenvalue weighted by Gasteiger charge is -2.23. The first kappa shape index (κ1) is 10.6. The Morgan fingerprint density at radius 3 is 2.87 bits per heavy atom. The molecule has 1 aromatic rings. The number of carboxylic acids is 1. The van der Waals surface area contributed by atoms with E-state index in [9.17, 15) is 4.79 Å². The van der Waals surface area contributed by atoms with Crippen LogP contribution in [0.4, 0.5) is 0 Å². The van der Waals surface area contributed by atoms with Gasteiger partial charge in [-0.05, 0) is 18.6 Å². The van der Waals surface area contributed by atoms with Crippen molar-refractivity contribution < 1.29 is 14.6 Å². The number of benzene rings is 1. The Labute approximate surface area is 96.6 Å². The molecule has 5 heteroatoms. The summed E-state index contributed by atoms with van der Waals surface area (Å²) in [5.74, 6) is -0.812. The molecule has 15 heavy (non-hydrogen) atoms. The Morgan fingerprint density at radius 2 is 2.20 bits per heavy atom. The third-order valence-corrected chi connectivity index (χ3v) is 2.91. The smallest absolute Gasteiger partial charge is 0.310 e. The van der Waals surface area contributed by atoms with Crippen LogP contribution in [0, 0.1) is 5.92 Å². The summed E-state index contributed by atoms with van der Waals surface area (Å²) in [5, 5.41) is 9.81. The number of hydrogen-bond donors (Lipinski definition) is 1. The van der Waals surface area contributed by atoms with Gasteiger partial charge < -0.3 is 9.84 Å². The number of hydrogen-bond acceptors (Lipinski definition) is 2. The molecule has 3 nitrogen and oxygen atoms in total. The number of aliphatic carboxylic acids is 1. The van der Waals surface area contributed by atoms with E-state index >= 15 is 0 Å². The van der Waals surface area contributed by atoms with Gasteiger partial charge in [0.15, 0.2) is 0 Å². The average molecular weight is 247 g/mol. The Morgan fingerprint density at radius 1 is 1.47 bits per heavy atom. The lowest BCUT2D eigenvalue weighted by Crippen LogP contribution is -2.28.